The van der Waals surface area contributed by atoms with Crippen LogP contribution in [0.5, 0.6) is 0 Å². The average Bonchev–Trinajstić information content (AvgIpc) is 2.93. The van der Waals surface area contributed by atoms with Gasteiger partial charge in [0.05, 0.1) is 11.4 Å². The van der Waals surface area contributed by atoms with Crippen molar-refractivity contribution >= 4 is 5.69 Å². The number of aryl methyl sites for hydroxylation is 1. The Morgan fingerprint density at radius 2 is 1.84 bits per heavy atom. The third-order valence-corrected chi connectivity index (χ3v) is 2.76. The van der Waals surface area contributed by atoms with Crippen LogP contribution in [0.25, 0.3) is 17.2 Å². The lowest BCUT2D eigenvalue weighted by molar-refractivity contribution is 0.698. The van der Waals surface area contributed by atoms with E-state index in [-0.39, 0.29) is 0 Å². The molecule has 94 valence electrons. The van der Waals surface area contributed by atoms with Gasteiger partial charge in [-0.1, -0.05) is 30.3 Å². The second kappa shape index (κ2) is 4.49. The summed E-state index contributed by atoms with van der Waals surface area (Å²) >= 11 is 0. The van der Waals surface area contributed by atoms with Crippen molar-refractivity contribution in [3.8, 4) is 17.2 Å². The van der Waals surface area contributed by atoms with Crippen molar-refractivity contribution in [1.82, 2.24) is 25.2 Å². The van der Waals surface area contributed by atoms with Crippen LogP contribution in [0, 0.1) is 6.92 Å². The van der Waals surface area contributed by atoms with E-state index < -0.39 is 0 Å². The molecule has 3 aromatic rings. The Kier molecular flexibility index (Phi) is 2.68. The Labute approximate surface area is 109 Å². The highest BCUT2D eigenvalue weighted by molar-refractivity contribution is 5.53. The molecule has 2 N–H and O–H groups in total. The van der Waals surface area contributed by atoms with Crippen LogP contribution in [-0.2, 0) is 0 Å². The average molecular weight is 252 g/mol. The molecule has 0 aliphatic carbocycles. The molecular formula is C13H12N6. The highest BCUT2D eigenvalue weighted by atomic mass is 15.6. The highest BCUT2D eigenvalue weighted by Crippen LogP contribution is 2.14. The lowest BCUT2D eigenvalue weighted by Gasteiger charge is -2.01. The quantitative estimate of drug-likeness (QED) is 0.749. The molecule has 0 radical (unpaired) electrons. The van der Waals surface area contributed by atoms with Gasteiger partial charge in [-0.3, -0.25) is 0 Å². The maximum Gasteiger partial charge on any atom is 0.205 e. The van der Waals surface area contributed by atoms with Crippen molar-refractivity contribution in [2.24, 2.45) is 0 Å². The van der Waals surface area contributed by atoms with E-state index in [9.17, 15) is 0 Å². The summed E-state index contributed by atoms with van der Waals surface area (Å²) in [4.78, 5) is 5.72. The number of nitrogens with two attached hydrogens (primary N) is 1. The number of rotatable bonds is 2. The second-order valence-electron chi connectivity index (χ2n) is 4.11. The van der Waals surface area contributed by atoms with Gasteiger partial charge in [0.2, 0.25) is 5.82 Å². The predicted molar refractivity (Wildman–Crippen MR) is 71.5 cm³/mol. The highest BCUT2D eigenvalue weighted by Gasteiger charge is 2.08. The van der Waals surface area contributed by atoms with Crippen LogP contribution in [0.1, 0.15) is 5.69 Å². The summed E-state index contributed by atoms with van der Waals surface area (Å²) in [5, 5.41) is 12.3. The molecule has 0 atom stereocenters. The first-order chi connectivity index (χ1) is 9.24. The number of benzene rings is 1. The van der Waals surface area contributed by atoms with Gasteiger partial charge in [-0.25, -0.2) is 4.98 Å². The SMILES string of the molecule is Cc1nc(-n2nnc(-c3ccccc3)n2)ccc1N. The largest absolute Gasteiger partial charge is 0.397 e. The summed E-state index contributed by atoms with van der Waals surface area (Å²) in [5.74, 6) is 1.17. The molecule has 0 saturated heterocycles. The predicted octanol–water partition coefficient (Wildman–Crippen LogP) is 1.61. The molecule has 1 aromatic carbocycles. The first-order valence-corrected chi connectivity index (χ1v) is 5.83. The van der Waals surface area contributed by atoms with E-state index in [0.717, 1.165) is 11.3 Å². The van der Waals surface area contributed by atoms with Gasteiger partial charge in [-0.05, 0) is 24.3 Å². The minimum Gasteiger partial charge on any atom is -0.397 e. The Morgan fingerprint density at radius 1 is 1.05 bits per heavy atom. The number of nitrogens with zero attached hydrogens (tertiary/aromatic N) is 5. The number of tetrazole rings is 1. The van der Waals surface area contributed by atoms with E-state index in [1.165, 1.54) is 4.80 Å². The summed E-state index contributed by atoms with van der Waals surface area (Å²) in [5.41, 5.74) is 8.04. The molecule has 6 heteroatoms. The van der Waals surface area contributed by atoms with Gasteiger partial charge in [-0.2, -0.15) is 0 Å². The van der Waals surface area contributed by atoms with Gasteiger partial charge in [0, 0.05) is 5.56 Å². The van der Waals surface area contributed by atoms with E-state index in [1.807, 2.05) is 37.3 Å². The Hall–Kier alpha value is -2.76. The minimum atomic E-state index is 0.567. The van der Waals surface area contributed by atoms with E-state index >= 15 is 0 Å². The van der Waals surface area contributed by atoms with E-state index in [0.29, 0.717) is 17.3 Å². The molecule has 19 heavy (non-hydrogen) atoms. The fourth-order valence-corrected chi connectivity index (χ4v) is 1.68. The lowest BCUT2D eigenvalue weighted by atomic mass is 10.2. The molecule has 0 bridgehead atoms. The maximum absolute atomic E-state index is 5.73. The number of hydrogen-bond donors (Lipinski definition) is 1. The first kappa shape index (κ1) is 11.3. The molecule has 2 heterocycles. The summed E-state index contributed by atoms with van der Waals surface area (Å²) in [6.07, 6.45) is 0. The molecule has 3 rings (SSSR count). The molecule has 0 unspecified atom stereocenters. The normalized spacial score (nSPS) is 10.6. The molecule has 0 amide bonds. The number of pyridine rings is 1. The molecule has 0 saturated carbocycles. The molecule has 2 aromatic heterocycles. The lowest BCUT2D eigenvalue weighted by Crippen LogP contribution is -2.04. The van der Waals surface area contributed by atoms with Gasteiger partial charge in [0.1, 0.15) is 0 Å². The zero-order valence-electron chi connectivity index (χ0n) is 10.4. The maximum atomic E-state index is 5.73. The zero-order chi connectivity index (χ0) is 13.2. The number of nitrogen functional groups attached to an aromatic ring is 1. The van der Waals surface area contributed by atoms with Crippen molar-refractivity contribution in [3.63, 3.8) is 0 Å². The van der Waals surface area contributed by atoms with Gasteiger partial charge in [0.15, 0.2) is 5.82 Å². The van der Waals surface area contributed by atoms with Crippen LogP contribution in [-0.4, -0.2) is 25.2 Å². The summed E-state index contributed by atoms with van der Waals surface area (Å²) in [7, 11) is 0. The number of hydrogen-bond acceptors (Lipinski definition) is 5. The third-order valence-electron chi connectivity index (χ3n) is 2.76. The standard InChI is InChI=1S/C13H12N6/c1-9-11(14)7-8-12(15-9)19-17-13(16-18-19)10-5-3-2-4-6-10/h2-8H,14H2,1H3. The fourth-order valence-electron chi connectivity index (χ4n) is 1.68. The van der Waals surface area contributed by atoms with Crippen LogP contribution >= 0.6 is 0 Å². The summed E-state index contributed by atoms with van der Waals surface area (Å²) in [6, 6.07) is 13.2. The molecule has 0 spiro atoms. The monoisotopic (exact) mass is 252 g/mol. The van der Waals surface area contributed by atoms with Gasteiger partial charge >= 0.3 is 0 Å². The van der Waals surface area contributed by atoms with Crippen molar-refractivity contribution in [3.05, 3.63) is 48.2 Å². The molecular weight excluding hydrogens is 240 g/mol. The molecule has 0 fully saturated rings. The first-order valence-electron chi connectivity index (χ1n) is 5.83. The fraction of sp³-hybridized carbons (Fsp3) is 0.0769. The van der Waals surface area contributed by atoms with Gasteiger partial charge in [-0.15, -0.1) is 15.0 Å². The van der Waals surface area contributed by atoms with Crippen molar-refractivity contribution in [2.45, 2.75) is 6.92 Å². The van der Waals surface area contributed by atoms with Crippen LogP contribution in [0.4, 0.5) is 5.69 Å². The topological polar surface area (TPSA) is 82.5 Å². The third kappa shape index (κ3) is 2.15. The van der Waals surface area contributed by atoms with Gasteiger partial charge < -0.3 is 5.73 Å². The van der Waals surface area contributed by atoms with Crippen molar-refractivity contribution in [2.75, 3.05) is 5.73 Å². The summed E-state index contributed by atoms with van der Waals surface area (Å²) < 4.78 is 0. The Bertz CT molecular complexity index is 704. The number of aromatic nitrogens is 5. The van der Waals surface area contributed by atoms with E-state index in [2.05, 4.69) is 20.4 Å². The number of anilines is 1. The Morgan fingerprint density at radius 3 is 2.58 bits per heavy atom. The smallest absolute Gasteiger partial charge is 0.205 e. The van der Waals surface area contributed by atoms with Crippen LogP contribution in [0.3, 0.4) is 0 Å². The van der Waals surface area contributed by atoms with E-state index in [4.69, 9.17) is 5.73 Å². The molecule has 0 aliphatic rings. The minimum absolute atomic E-state index is 0.567. The Balaban J connectivity index is 1.99. The second-order valence-corrected chi connectivity index (χ2v) is 4.11. The zero-order valence-corrected chi connectivity index (χ0v) is 10.4. The van der Waals surface area contributed by atoms with Crippen LogP contribution in [0.2, 0.25) is 0 Å². The van der Waals surface area contributed by atoms with Crippen molar-refractivity contribution < 1.29 is 0 Å². The van der Waals surface area contributed by atoms with Gasteiger partial charge in [0.25, 0.3) is 0 Å². The molecule has 0 aliphatic heterocycles. The van der Waals surface area contributed by atoms with E-state index in [1.54, 1.807) is 12.1 Å². The summed E-state index contributed by atoms with van der Waals surface area (Å²) in [6.45, 7) is 1.84. The van der Waals surface area contributed by atoms with Crippen LogP contribution < -0.4 is 5.73 Å². The van der Waals surface area contributed by atoms with Crippen LogP contribution in [0.15, 0.2) is 42.5 Å². The van der Waals surface area contributed by atoms with Crippen molar-refractivity contribution in [1.29, 1.82) is 0 Å². The molecule has 6 nitrogen and oxygen atoms in total.